The number of hydrogen-bond donors (Lipinski definition) is 1. The molecule has 5 nitrogen and oxygen atoms in total. The molecule has 1 aromatic carbocycles. The smallest absolute Gasteiger partial charge is 0.134 e. The first kappa shape index (κ1) is 14.1. The van der Waals surface area contributed by atoms with E-state index in [1.807, 2.05) is 30.3 Å². The predicted molar refractivity (Wildman–Crippen MR) is 69.1 cm³/mol. The van der Waals surface area contributed by atoms with Gasteiger partial charge in [-0.15, -0.1) is 0 Å². The van der Waals surface area contributed by atoms with Gasteiger partial charge in [-0.2, -0.15) is 0 Å². The fraction of sp³-hybridized carbons (Fsp3) is 0.154. The van der Waals surface area contributed by atoms with E-state index in [2.05, 4.69) is 19.9 Å². The van der Waals surface area contributed by atoms with Crippen molar-refractivity contribution in [3.05, 3.63) is 47.5 Å². The van der Waals surface area contributed by atoms with Gasteiger partial charge >= 0.3 is 0 Å². The van der Waals surface area contributed by atoms with Crippen molar-refractivity contribution in [2.45, 2.75) is 13.3 Å². The number of fused-ring (bicyclic) bond motifs is 1. The molecule has 3 aromatic rings. The number of aromatic nitrogens is 4. The molecule has 2 N–H and O–H groups in total. The van der Waals surface area contributed by atoms with Gasteiger partial charge in [-0.25, -0.2) is 4.98 Å². The summed E-state index contributed by atoms with van der Waals surface area (Å²) in [6, 6.07) is 10.1. The molecular formula is C13H12N5Y-. The van der Waals surface area contributed by atoms with Gasteiger partial charge in [-0.3, -0.25) is 0 Å². The molecule has 0 aliphatic heterocycles. The maximum Gasteiger partial charge on any atom is 0.134 e. The van der Waals surface area contributed by atoms with Crippen LogP contribution < -0.4 is 10.7 Å². The molecule has 0 spiro atoms. The number of benzene rings is 1. The minimum absolute atomic E-state index is 0. The monoisotopic (exact) mass is 327 g/mol. The third kappa shape index (κ3) is 2.99. The second kappa shape index (κ2) is 5.76. The summed E-state index contributed by atoms with van der Waals surface area (Å²) in [4.78, 5) is 17.1. The molecular weight excluding hydrogens is 315 g/mol. The summed E-state index contributed by atoms with van der Waals surface area (Å²) in [7, 11) is 0. The molecule has 0 amide bonds. The summed E-state index contributed by atoms with van der Waals surface area (Å²) in [5, 5.41) is 0. The van der Waals surface area contributed by atoms with Gasteiger partial charge in [-0.1, -0.05) is 30.3 Å². The maximum atomic E-state index is 5.81. The molecule has 0 atom stereocenters. The van der Waals surface area contributed by atoms with E-state index in [0.717, 1.165) is 11.4 Å². The first-order valence-corrected chi connectivity index (χ1v) is 5.70. The third-order valence-corrected chi connectivity index (χ3v) is 2.69. The molecule has 6 heteroatoms. The van der Waals surface area contributed by atoms with E-state index in [-0.39, 0.29) is 32.7 Å². The zero-order chi connectivity index (χ0) is 12.5. The molecule has 0 aliphatic carbocycles. The molecule has 0 bridgehead atoms. The molecule has 2 heterocycles. The van der Waals surface area contributed by atoms with Crippen LogP contribution in [-0.2, 0) is 39.1 Å². The fourth-order valence-electron chi connectivity index (χ4n) is 1.89. The Morgan fingerprint density at radius 3 is 2.58 bits per heavy atom. The van der Waals surface area contributed by atoms with Crippen LogP contribution in [0.1, 0.15) is 17.2 Å². The number of anilines is 1. The molecule has 0 saturated heterocycles. The number of nitrogens with zero attached hydrogens (tertiary/aromatic N) is 4. The first-order valence-electron chi connectivity index (χ1n) is 5.70. The molecule has 0 saturated carbocycles. The van der Waals surface area contributed by atoms with E-state index in [1.54, 1.807) is 6.92 Å². The third-order valence-electron chi connectivity index (χ3n) is 2.69. The van der Waals surface area contributed by atoms with Gasteiger partial charge in [0.1, 0.15) is 5.82 Å². The van der Waals surface area contributed by atoms with Crippen LogP contribution in [0, 0.1) is 6.92 Å². The number of imidazole rings is 1. The summed E-state index contributed by atoms with van der Waals surface area (Å²) in [6.45, 7) is 1.79. The van der Waals surface area contributed by atoms with Crippen LogP contribution in [0.3, 0.4) is 0 Å². The second-order valence-corrected chi connectivity index (χ2v) is 4.13. The number of aryl methyl sites for hydroxylation is 1. The quantitative estimate of drug-likeness (QED) is 0.771. The number of nitrogens with two attached hydrogens (primary N) is 1. The van der Waals surface area contributed by atoms with Crippen molar-refractivity contribution in [3.63, 3.8) is 0 Å². The van der Waals surface area contributed by atoms with Gasteiger partial charge in [0.05, 0.1) is 5.82 Å². The van der Waals surface area contributed by atoms with Crippen molar-refractivity contribution < 1.29 is 32.7 Å². The topological polar surface area (TPSA) is 78.8 Å². The standard InChI is InChI=1S/C13H12N5.Y/c1-8-15-12(14)11-13(16-8)18-10(17-11)7-9-5-3-2-4-6-9;/h2-6H,7H2,1H3,(H2-,14,15,16,17,18);/q-1;. The van der Waals surface area contributed by atoms with Gasteiger partial charge in [0, 0.05) is 50.3 Å². The van der Waals surface area contributed by atoms with E-state index in [4.69, 9.17) is 5.73 Å². The summed E-state index contributed by atoms with van der Waals surface area (Å²) < 4.78 is 0. The molecule has 19 heavy (non-hydrogen) atoms. The van der Waals surface area contributed by atoms with Crippen LogP contribution in [0.25, 0.3) is 11.2 Å². The largest absolute Gasteiger partial charge is 0.383 e. The molecule has 93 valence electrons. The van der Waals surface area contributed by atoms with Crippen molar-refractivity contribution in [3.8, 4) is 0 Å². The van der Waals surface area contributed by atoms with Gasteiger partial charge < -0.3 is 20.7 Å². The van der Waals surface area contributed by atoms with E-state index in [0.29, 0.717) is 29.2 Å². The van der Waals surface area contributed by atoms with Crippen LogP contribution in [0.5, 0.6) is 0 Å². The zero-order valence-electron chi connectivity index (χ0n) is 10.5. The normalized spacial score (nSPS) is 10.4. The Kier molecular flexibility index (Phi) is 4.27. The van der Waals surface area contributed by atoms with E-state index in [9.17, 15) is 0 Å². The average Bonchev–Trinajstić information content (AvgIpc) is 2.73. The van der Waals surface area contributed by atoms with Crippen LogP contribution in [-0.4, -0.2) is 15.0 Å². The van der Waals surface area contributed by atoms with E-state index < -0.39 is 0 Å². The Morgan fingerprint density at radius 1 is 1.11 bits per heavy atom. The van der Waals surface area contributed by atoms with Gasteiger partial charge in [-0.05, 0) is 18.3 Å². The average molecular weight is 327 g/mol. The molecule has 0 aliphatic rings. The van der Waals surface area contributed by atoms with Crippen molar-refractivity contribution in [1.82, 2.24) is 19.9 Å². The summed E-state index contributed by atoms with van der Waals surface area (Å²) in [5.74, 6) is 1.73. The van der Waals surface area contributed by atoms with Crippen LogP contribution >= 0.6 is 0 Å². The van der Waals surface area contributed by atoms with Crippen molar-refractivity contribution in [2.75, 3.05) is 5.73 Å². The molecule has 2 aromatic heterocycles. The molecule has 0 fully saturated rings. The van der Waals surface area contributed by atoms with Gasteiger partial charge in [0.15, 0.2) is 0 Å². The summed E-state index contributed by atoms with van der Waals surface area (Å²) in [6.07, 6.45) is 0.676. The Balaban J connectivity index is 0.00000133. The summed E-state index contributed by atoms with van der Waals surface area (Å²) >= 11 is 0. The zero-order valence-corrected chi connectivity index (χ0v) is 13.4. The number of hydrogen-bond acceptors (Lipinski definition) is 4. The minimum atomic E-state index is 0. The van der Waals surface area contributed by atoms with Crippen molar-refractivity contribution in [1.29, 1.82) is 0 Å². The Bertz CT molecular complexity index is 693. The maximum absolute atomic E-state index is 5.81. The Labute approximate surface area is 135 Å². The number of nitrogen functional groups attached to an aromatic ring is 1. The predicted octanol–water partition coefficient (Wildman–Crippen LogP) is 1.46. The number of rotatable bonds is 2. The summed E-state index contributed by atoms with van der Waals surface area (Å²) in [5.41, 5.74) is 8.14. The van der Waals surface area contributed by atoms with Crippen molar-refractivity contribution in [2.24, 2.45) is 0 Å². The van der Waals surface area contributed by atoms with Gasteiger partial charge in [0.2, 0.25) is 0 Å². The first-order chi connectivity index (χ1) is 8.72. The molecule has 1 radical (unpaired) electrons. The van der Waals surface area contributed by atoms with Crippen LogP contribution in [0.15, 0.2) is 30.3 Å². The van der Waals surface area contributed by atoms with Crippen molar-refractivity contribution >= 4 is 17.0 Å². The fourth-order valence-corrected chi connectivity index (χ4v) is 1.89. The van der Waals surface area contributed by atoms with Crippen LogP contribution in [0.2, 0.25) is 0 Å². The molecule has 0 unspecified atom stereocenters. The van der Waals surface area contributed by atoms with E-state index >= 15 is 0 Å². The van der Waals surface area contributed by atoms with Crippen LogP contribution in [0.4, 0.5) is 5.82 Å². The minimum Gasteiger partial charge on any atom is -0.383 e. The SMILES string of the molecule is Cc1nc(N)c2nc(Cc3ccccc3)[n-]c2n1.[Y]. The van der Waals surface area contributed by atoms with Gasteiger partial charge in [0.25, 0.3) is 0 Å². The molecule has 3 rings (SSSR count). The van der Waals surface area contributed by atoms with E-state index in [1.165, 1.54) is 0 Å². The Hall–Kier alpha value is -1.33. The second-order valence-electron chi connectivity index (χ2n) is 4.13. The Morgan fingerprint density at radius 2 is 1.84 bits per heavy atom.